The zero-order chi connectivity index (χ0) is 41.9. The van der Waals surface area contributed by atoms with Crippen LogP contribution in [-0.4, -0.2) is 8.80 Å². The first kappa shape index (κ1) is 36.3. The Balaban J connectivity index is 1.32. The van der Waals surface area contributed by atoms with Gasteiger partial charge in [-0.15, -0.1) is 0 Å². The predicted octanol–water partition coefficient (Wildman–Crippen LogP) is 16.5. The molecular weight excluding hydrogens is 739 g/mol. The summed E-state index contributed by atoms with van der Waals surface area (Å²) in [6.45, 7) is 21.0. The van der Waals surface area contributed by atoms with E-state index < -0.39 is 0 Å². The summed E-state index contributed by atoms with van der Waals surface area (Å²) in [6, 6.07) is 55.5. The lowest BCUT2D eigenvalue weighted by Gasteiger charge is -2.29. The van der Waals surface area contributed by atoms with Crippen molar-refractivity contribution in [1.82, 2.24) is 8.80 Å². The van der Waals surface area contributed by atoms with Crippen molar-refractivity contribution in [2.75, 3.05) is 4.90 Å². The van der Waals surface area contributed by atoms with E-state index in [-0.39, 0.29) is 16.2 Å². The van der Waals surface area contributed by atoms with Gasteiger partial charge in [-0.05, 0) is 123 Å². The number of aromatic nitrogens is 2. The van der Waals surface area contributed by atoms with Crippen molar-refractivity contribution < 1.29 is 0 Å². The highest BCUT2D eigenvalue weighted by Gasteiger charge is 2.30. The van der Waals surface area contributed by atoms with Gasteiger partial charge < -0.3 is 13.7 Å². The van der Waals surface area contributed by atoms with E-state index >= 15 is 0 Å². The minimum absolute atomic E-state index is 0.0495. The second-order valence-electron chi connectivity index (χ2n) is 20.7. The number of fused-ring (bicyclic) bond motifs is 14. The molecule has 0 N–H and O–H groups in total. The van der Waals surface area contributed by atoms with Gasteiger partial charge in [0.25, 0.3) is 0 Å². The van der Waals surface area contributed by atoms with Gasteiger partial charge in [0.05, 0.1) is 38.8 Å². The molecule has 0 atom stereocenters. The molecule has 0 aliphatic heterocycles. The molecule has 4 heterocycles. The maximum absolute atomic E-state index is 2.63. The first-order valence-electron chi connectivity index (χ1n) is 21.9. The smallest absolute Gasteiger partial charge is 0.0783 e. The zero-order valence-electron chi connectivity index (χ0n) is 36.7. The largest absolute Gasteiger partial charge is 0.308 e. The van der Waals surface area contributed by atoms with Gasteiger partial charge in [-0.2, -0.15) is 0 Å². The minimum Gasteiger partial charge on any atom is -0.308 e. The number of anilines is 3. The van der Waals surface area contributed by atoms with E-state index in [1.165, 1.54) is 109 Å². The summed E-state index contributed by atoms with van der Waals surface area (Å²) in [4.78, 5) is 2.48. The first-order valence-corrected chi connectivity index (χ1v) is 21.9. The van der Waals surface area contributed by atoms with E-state index in [9.17, 15) is 0 Å². The van der Waals surface area contributed by atoms with Crippen molar-refractivity contribution >= 4 is 104 Å². The fourth-order valence-corrected chi connectivity index (χ4v) is 10.5. The van der Waals surface area contributed by atoms with Crippen LogP contribution in [0.4, 0.5) is 17.1 Å². The highest BCUT2D eigenvalue weighted by molar-refractivity contribution is 6.34. The molecule has 0 saturated heterocycles. The van der Waals surface area contributed by atoms with Crippen LogP contribution < -0.4 is 4.90 Å². The lowest BCUT2D eigenvalue weighted by molar-refractivity contribution is 0.591. The summed E-state index contributed by atoms with van der Waals surface area (Å²) >= 11 is 0. The summed E-state index contributed by atoms with van der Waals surface area (Å²) < 4.78 is 5.21. The van der Waals surface area contributed by atoms with Crippen LogP contribution in [0, 0.1) is 0 Å². The average molecular weight is 790 g/mol. The molecule has 3 nitrogen and oxygen atoms in total. The Labute approximate surface area is 357 Å². The van der Waals surface area contributed by atoms with Crippen LogP contribution in [0.5, 0.6) is 0 Å². The third-order valence-corrected chi connectivity index (χ3v) is 13.7. The molecule has 0 amide bonds. The molecule has 12 rings (SSSR count). The van der Waals surface area contributed by atoms with Crippen LogP contribution >= 0.6 is 0 Å². The van der Waals surface area contributed by atoms with E-state index in [0.717, 1.165) is 11.4 Å². The van der Waals surface area contributed by atoms with Gasteiger partial charge in [0.15, 0.2) is 0 Å². The number of rotatable bonds is 3. The molecule has 298 valence electrons. The van der Waals surface area contributed by atoms with Crippen LogP contribution in [0.15, 0.2) is 146 Å². The molecular formula is C58H51N3. The van der Waals surface area contributed by atoms with Gasteiger partial charge in [-0.25, -0.2) is 0 Å². The van der Waals surface area contributed by atoms with E-state index in [0.29, 0.717) is 0 Å². The number of para-hydroxylation sites is 2. The van der Waals surface area contributed by atoms with Crippen molar-refractivity contribution in [3.63, 3.8) is 0 Å². The van der Waals surface area contributed by atoms with Crippen molar-refractivity contribution in [3.05, 3.63) is 162 Å². The standard InChI is InChI=1S/C58H51N3/c1-56(2,3)35-24-25-48-41(27-35)43-26-34-18-16-17-23-40(34)52-47-33-49-42(32-50(47)60(48)55(43)52)44-28-36(57(4,5)6)29-45-46-30-37(58(7,8)9)31-51(54(46)61(49)53(44)45)59(38-19-12-10-13-20-38)39-21-14-11-15-22-39/h10-33H,1-9H3. The second-order valence-corrected chi connectivity index (χ2v) is 20.7. The van der Waals surface area contributed by atoms with E-state index in [1.54, 1.807) is 0 Å². The Morgan fingerprint density at radius 3 is 1.48 bits per heavy atom. The molecule has 0 aliphatic carbocycles. The van der Waals surface area contributed by atoms with E-state index in [4.69, 9.17) is 0 Å². The molecule has 0 unspecified atom stereocenters. The Hall–Kier alpha value is -6.58. The molecule has 12 aromatic rings. The Bertz CT molecular complexity index is 3690. The Morgan fingerprint density at radius 2 is 0.836 bits per heavy atom. The molecule has 0 aliphatic rings. The molecule has 4 aromatic heterocycles. The molecule has 61 heavy (non-hydrogen) atoms. The molecule has 0 saturated carbocycles. The van der Waals surface area contributed by atoms with E-state index in [2.05, 4.69) is 222 Å². The third-order valence-electron chi connectivity index (χ3n) is 13.7. The molecule has 8 aromatic carbocycles. The summed E-state index contributed by atoms with van der Waals surface area (Å²) in [5, 5.41) is 13.1. The third kappa shape index (κ3) is 5.04. The van der Waals surface area contributed by atoms with Gasteiger partial charge in [-0.3, -0.25) is 0 Å². The highest BCUT2D eigenvalue weighted by atomic mass is 15.2. The van der Waals surface area contributed by atoms with E-state index in [1.807, 2.05) is 0 Å². The van der Waals surface area contributed by atoms with Crippen molar-refractivity contribution in [1.29, 1.82) is 0 Å². The van der Waals surface area contributed by atoms with Crippen molar-refractivity contribution in [2.45, 2.75) is 78.6 Å². The van der Waals surface area contributed by atoms with Crippen LogP contribution in [0.1, 0.15) is 79.0 Å². The first-order chi connectivity index (χ1) is 29.2. The van der Waals surface area contributed by atoms with Crippen LogP contribution in [0.25, 0.3) is 87.0 Å². The molecule has 0 radical (unpaired) electrons. The monoisotopic (exact) mass is 789 g/mol. The van der Waals surface area contributed by atoms with Gasteiger partial charge in [0, 0.05) is 54.5 Å². The highest BCUT2D eigenvalue weighted by Crippen LogP contribution is 2.51. The number of hydrogen-bond donors (Lipinski definition) is 0. The average Bonchev–Trinajstić information content (AvgIpc) is 3.95. The Kier molecular flexibility index (Phi) is 7.16. The SMILES string of the molecule is CC(C)(C)c1ccc2c(c1)c1cc3ccccc3c3c4cc5c(cc4n2c13)c1cc(C(C)(C)C)cc2c3cc(C(C)(C)C)cc(N(c4ccccc4)c4ccccc4)c3n5c12. The Morgan fingerprint density at radius 1 is 0.344 bits per heavy atom. The lowest BCUT2D eigenvalue weighted by atomic mass is 9.84. The molecule has 0 bridgehead atoms. The molecule has 0 fully saturated rings. The predicted molar refractivity (Wildman–Crippen MR) is 264 cm³/mol. The maximum atomic E-state index is 2.63. The number of nitrogens with zero attached hydrogens (tertiary/aromatic N) is 3. The van der Waals surface area contributed by atoms with Crippen LogP contribution in [0.3, 0.4) is 0 Å². The van der Waals surface area contributed by atoms with Crippen molar-refractivity contribution in [2.24, 2.45) is 0 Å². The minimum atomic E-state index is -0.0760. The topological polar surface area (TPSA) is 12.1 Å². The van der Waals surface area contributed by atoms with Gasteiger partial charge >= 0.3 is 0 Å². The summed E-state index contributed by atoms with van der Waals surface area (Å²) in [5.74, 6) is 0. The maximum Gasteiger partial charge on any atom is 0.0783 e. The second kappa shape index (κ2) is 12.0. The van der Waals surface area contributed by atoms with Gasteiger partial charge in [0.1, 0.15) is 0 Å². The summed E-state index contributed by atoms with van der Waals surface area (Å²) in [6.07, 6.45) is 0. The van der Waals surface area contributed by atoms with Crippen molar-refractivity contribution in [3.8, 4) is 0 Å². The zero-order valence-corrected chi connectivity index (χ0v) is 36.7. The van der Waals surface area contributed by atoms with Crippen LogP contribution in [-0.2, 0) is 16.2 Å². The molecule has 3 heteroatoms. The van der Waals surface area contributed by atoms with Gasteiger partial charge in [0.2, 0.25) is 0 Å². The number of hydrogen-bond acceptors (Lipinski definition) is 1. The lowest BCUT2D eigenvalue weighted by Crippen LogP contribution is -2.15. The van der Waals surface area contributed by atoms with Gasteiger partial charge in [-0.1, -0.05) is 129 Å². The summed E-state index contributed by atoms with van der Waals surface area (Å²) in [5.41, 5.74) is 15.1. The quantitative estimate of drug-likeness (QED) is 0.174. The normalized spacial score (nSPS) is 13.3. The number of benzene rings is 8. The van der Waals surface area contributed by atoms with Crippen LogP contribution in [0.2, 0.25) is 0 Å². The fraction of sp³-hybridized carbons (Fsp3) is 0.207. The summed E-state index contributed by atoms with van der Waals surface area (Å²) in [7, 11) is 0. The fourth-order valence-electron chi connectivity index (χ4n) is 10.5. The molecule has 0 spiro atoms.